The molecule has 0 aliphatic carbocycles. The van der Waals surface area contributed by atoms with Crippen LogP contribution in [0.4, 0.5) is 5.69 Å². The summed E-state index contributed by atoms with van der Waals surface area (Å²) in [6.45, 7) is 2.96. The van der Waals surface area contributed by atoms with E-state index in [4.69, 9.17) is 4.74 Å². The van der Waals surface area contributed by atoms with E-state index in [2.05, 4.69) is 23.9 Å². The number of rotatable bonds is 6. The Morgan fingerprint density at radius 1 is 1.30 bits per heavy atom. The van der Waals surface area contributed by atoms with Gasteiger partial charge in [0, 0.05) is 41.6 Å². The number of nitrogens with zero attached hydrogens (tertiary/aromatic N) is 3. The lowest BCUT2D eigenvalue weighted by Crippen LogP contribution is -2.48. The summed E-state index contributed by atoms with van der Waals surface area (Å²) in [5.74, 6) is 1.88. The maximum absolute atomic E-state index is 10.9. The minimum absolute atomic E-state index is 0.0846. The van der Waals surface area contributed by atoms with Gasteiger partial charge < -0.3 is 9.64 Å². The van der Waals surface area contributed by atoms with Crippen LogP contribution in [0.25, 0.3) is 10.9 Å². The van der Waals surface area contributed by atoms with Crippen molar-refractivity contribution in [3.05, 3.63) is 40.4 Å². The van der Waals surface area contributed by atoms with Gasteiger partial charge in [-0.25, -0.2) is 4.98 Å². The molecule has 0 amide bonds. The van der Waals surface area contributed by atoms with Gasteiger partial charge in [0.05, 0.1) is 17.0 Å². The molecule has 4 atom stereocenters. The van der Waals surface area contributed by atoms with E-state index in [1.807, 2.05) is 12.1 Å². The predicted molar refractivity (Wildman–Crippen MR) is 105 cm³/mol. The number of pyridine rings is 1. The van der Waals surface area contributed by atoms with Gasteiger partial charge in [0.15, 0.2) is 0 Å². The average molecular weight is 369 g/mol. The average Bonchev–Trinajstić information content (AvgIpc) is 2.91. The third-order valence-corrected chi connectivity index (χ3v) is 6.51. The summed E-state index contributed by atoms with van der Waals surface area (Å²) in [6.07, 6.45) is 6.35. The van der Waals surface area contributed by atoms with Gasteiger partial charge in [-0.05, 0) is 44.4 Å². The Kier molecular flexibility index (Phi) is 5.00. The number of hydrogen-bond donors (Lipinski definition) is 0. The third-order valence-electron chi connectivity index (χ3n) is 6.51. The number of non-ortho nitro benzene ring substituents is 1. The second-order valence-corrected chi connectivity index (χ2v) is 8.01. The largest absolute Gasteiger partial charge is 0.477 e. The van der Waals surface area contributed by atoms with Gasteiger partial charge in [0.25, 0.3) is 5.69 Å². The molecule has 4 rings (SSSR count). The van der Waals surface area contributed by atoms with E-state index in [0.29, 0.717) is 24.4 Å². The minimum atomic E-state index is -0.383. The van der Waals surface area contributed by atoms with Crippen molar-refractivity contribution < 1.29 is 9.66 Å². The Balaban J connectivity index is 1.49. The zero-order chi connectivity index (χ0) is 19.0. The molecule has 3 heterocycles. The molecule has 2 bridgehead atoms. The van der Waals surface area contributed by atoms with Crippen LogP contribution in [0.2, 0.25) is 0 Å². The van der Waals surface area contributed by atoms with Crippen molar-refractivity contribution in [2.45, 2.75) is 51.1 Å². The molecular weight excluding hydrogens is 342 g/mol. The lowest BCUT2D eigenvalue weighted by atomic mass is 9.78. The zero-order valence-corrected chi connectivity index (χ0v) is 16.0. The molecule has 2 aromatic rings. The number of fused-ring (bicyclic) bond motifs is 3. The molecular formula is C21H27N3O3. The van der Waals surface area contributed by atoms with Gasteiger partial charge in [-0.15, -0.1) is 0 Å². The minimum Gasteiger partial charge on any atom is -0.477 e. The molecule has 2 aliphatic heterocycles. The van der Waals surface area contributed by atoms with Crippen molar-refractivity contribution in [2.75, 3.05) is 13.7 Å². The molecule has 0 N–H and O–H groups in total. The molecule has 2 fully saturated rings. The summed E-state index contributed by atoms with van der Waals surface area (Å²) in [4.78, 5) is 17.7. The fourth-order valence-corrected chi connectivity index (χ4v) is 5.10. The summed E-state index contributed by atoms with van der Waals surface area (Å²) < 4.78 is 6.14. The highest BCUT2D eigenvalue weighted by Crippen LogP contribution is 2.43. The first kappa shape index (κ1) is 18.2. The van der Waals surface area contributed by atoms with E-state index in [1.54, 1.807) is 12.1 Å². The molecule has 2 unspecified atom stereocenters. The van der Waals surface area contributed by atoms with Crippen molar-refractivity contribution in [3.8, 4) is 5.88 Å². The quantitative estimate of drug-likeness (QED) is 0.557. The number of hydrogen-bond acceptors (Lipinski definition) is 5. The van der Waals surface area contributed by atoms with E-state index in [-0.39, 0.29) is 10.6 Å². The SMILES string of the molecule is CCC[C@H]1CC2CCC([C@@H]1COc1ccc3cc([N+](=O)[O-])ccc3n1)N2C. The van der Waals surface area contributed by atoms with Crippen LogP contribution in [0.15, 0.2) is 30.3 Å². The Morgan fingerprint density at radius 2 is 2.15 bits per heavy atom. The van der Waals surface area contributed by atoms with Crippen molar-refractivity contribution >= 4 is 16.6 Å². The third kappa shape index (κ3) is 3.50. The van der Waals surface area contributed by atoms with Crippen LogP contribution in [0, 0.1) is 22.0 Å². The van der Waals surface area contributed by atoms with Gasteiger partial charge in [-0.1, -0.05) is 19.8 Å². The molecule has 1 aromatic heterocycles. The molecule has 27 heavy (non-hydrogen) atoms. The van der Waals surface area contributed by atoms with Crippen LogP contribution < -0.4 is 4.74 Å². The first-order valence-electron chi connectivity index (χ1n) is 9.96. The molecule has 1 aromatic carbocycles. The molecule has 6 heteroatoms. The van der Waals surface area contributed by atoms with Crippen LogP contribution in [0.1, 0.15) is 39.0 Å². The second kappa shape index (κ2) is 7.43. The predicted octanol–water partition coefficient (Wildman–Crippen LogP) is 4.42. The summed E-state index contributed by atoms with van der Waals surface area (Å²) in [5, 5.41) is 11.7. The van der Waals surface area contributed by atoms with E-state index < -0.39 is 0 Å². The van der Waals surface area contributed by atoms with E-state index in [1.165, 1.54) is 38.2 Å². The van der Waals surface area contributed by atoms with Crippen molar-refractivity contribution in [1.29, 1.82) is 0 Å². The molecule has 0 saturated carbocycles. The van der Waals surface area contributed by atoms with Crippen LogP contribution in [0.5, 0.6) is 5.88 Å². The van der Waals surface area contributed by atoms with Crippen LogP contribution >= 0.6 is 0 Å². The van der Waals surface area contributed by atoms with Crippen molar-refractivity contribution in [2.24, 2.45) is 11.8 Å². The Hall–Kier alpha value is -2.21. The normalized spacial score (nSPS) is 27.8. The number of ether oxygens (including phenoxy) is 1. The standard InChI is InChI=1S/C21H27N3O3/c1-3-4-14-11-16-7-9-20(23(16)2)18(14)13-27-21-10-5-15-12-17(24(25)26)6-8-19(15)22-21/h5-6,8,10,12,14,16,18,20H,3-4,7,9,11,13H2,1-2H3/t14-,16?,18+,20?/m0/s1. The first-order chi connectivity index (χ1) is 13.1. The van der Waals surface area contributed by atoms with Crippen molar-refractivity contribution in [3.63, 3.8) is 0 Å². The topological polar surface area (TPSA) is 68.5 Å². The van der Waals surface area contributed by atoms with Gasteiger partial charge in [0.1, 0.15) is 0 Å². The van der Waals surface area contributed by atoms with Gasteiger partial charge in [-0.2, -0.15) is 0 Å². The Labute approximate surface area is 159 Å². The van der Waals surface area contributed by atoms with E-state index in [9.17, 15) is 10.1 Å². The van der Waals surface area contributed by atoms with Crippen LogP contribution in [0.3, 0.4) is 0 Å². The highest BCUT2D eigenvalue weighted by Gasteiger charge is 2.45. The lowest BCUT2D eigenvalue weighted by molar-refractivity contribution is -0.384. The summed E-state index contributed by atoms with van der Waals surface area (Å²) >= 11 is 0. The van der Waals surface area contributed by atoms with E-state index >= 15 is 0 Å². The highest BCUT2D eigenvalue weighted by atomic mass is 16.6. The maximum atomic E-state index is 10.9. The van der Waals surface area contributed by atoms with Gasteiger partial charge in [0.2, 0.25) is 5.88 Å². The number of aromatic nitrogens is 1. The van der Waals surface area contributed by atoms with Gasteiger partial charge in [-0.3, -0.25) is 10.1 Å². The van der Waals surface area contributed by atoms with Gasteiger partial charge >= 0.3 is 0 Å². The van der Waals surface area contributed by atoms with Crippen LogP contribution in [-0.4, -0.2) is 40.5 Å². The Bertz CT molecular complexity index is 841. The molecule has 144 valence electrons. The zero-order valence-electron chi connectivity index (χ0n) is 16.0. The first-order valence-corrected chi connectivity index (χ1v) is 9.96. The lowest BCUT2D eigenvalue weighted by Gasteiger charge is -2.43. The Morgan fingerprint density at radius 3 is 2.93 bits per heavy atom. The maximum Gasteiger partial charge on any atom is 0.270 e. The fraction of sp³-hybridized carbons (Fsp3) is 0.571. The summed E-state index contributed by atoms with van der Waals surface area (Å²) in [7, 11) is 2.26. The number of piperidine rings is 1. The molecule has 0 spiro atoms. The summed E-state index contributed by atoms with van der Waals surface area (Å²) in [5.41, 5.74) is 0.811. The monoisotopic (exact) mass is 369 g/mol. The fourth-order valence-electron chi connectivity index (χ4n) is 5.10. The molecule has 6 nitrogen and oxygen atoms in total. The second-order valence-electron chi connectivity index (χ2n) is 8.01. The van der Waals surface area contributed by atoms with E-state index in [0.717, 1.165) is 22.9 Å². The highest BCUT2D eigenvalue weighted by molar-refractivity contribution is 5.81. The smallest absolute Gasteiger partial charge is 0.270 e. The molecule has 2 saturated heterocycles. The summed E-state index contributed by atoms with van der Waals surface area (Å²) in [6, 6.07) is 9.78. The number of benzene rings is 1. The number of nitro benzene ring substituents is 1. The number of nitro groups is 1. The molecule has 2 aliphatic rings. The molecule has 0 radical (unpaired) electrons. The van der Waals surface area contributed by atoms with Crippen LogP contribution in [-0.2, 0) is 0 Å². The van der Waals surface area contributed by atoms with Crippen molar-refractivity contribution in [1.82, 2.24) is 9.88 Å².